The average molecular weight is 378 g/mol. The number of carbonyl (C=O) groups excluding carboxylic acids is 1. The lowest BCUT2D eigenvalue weighted by atomic mass is 10.1. The van der Waals surface area contributed by atoms with Gasteiger partial charge in [0.25, 0.3) is 5.91 Å². The van der Waals surface area contributed by atoms with Gasteiger partial charge >= 0.3 is 0 Å². The van der Waals surface area contributed by atoms with Crippen molar-refractivity contribution in [1.82, 2.24) is 20.2 Å². The molecule has 3 aromatic heterocycles. The lowest BCUT2D eigenvalue weighted by Gasteiger charge is -2.28. The van der Waals surface area contributed by atoms with Crippen molar-refractivity contribution in [3.8, 4) is 11.4 Å². The van der Waals surface area contributed by atoms with Gasteiger partial charge in [-0.25, -0.2) is 9.97 Å². The van der Waals surface area contributed by atoms with Crippen molar-refractivity contribution in [2.45, 2.75) is 0 Å². The highest BCUT2D eigenvalue weighted by Crippen LogP contribution is 2.35. The number of aromatic nitrogens is 4. The van der Waals surface area contributed by atoms with Crippen molar-refractivity contribution >= 4 is 44.2 Å². The molecule has 0 bridgehead atoms. The number of rotatable bonds is 3. The molecule has 9 heteroatoms. The normalized spacial score (nSPS) is 14.6. The van der Waals surface area contributed by atoms with Crippen LogP contribution < -0.4 is 10.6 Å². The number of primary amides is 1. The maximum absolute atomic E-state index is 11.7. The summed E-state index contributed by atoms with van der Waals surface area (Å²) < 4.78 is 6.31. The molecule has 134 valence electrons. The second kappa shape index (κ2) is 6.19. The predicted octanol–water partition coefficient (Wildman–Crippen LogP) is 1.77. The number of hydrogen-bond acceptors (Lipinski definition) is 7. The Morgan fingerprint density at radius 1 is 1.33 bits per heavy atom. The van der Waals surface area contributed by atoms with Crippen LogP contribution in [0.25, 0.3) is 32.5 Å². The lowest BCUT2D eigenvalue weighted by Crippen LogP contribution is -2.36. The molecule has 0 atom stereocenters. The smallest absolute Gasteiger partial charge is 0.258 e. The molecule has 0 spiro atoms. The van der Waals surface area contributed by atoms with Crippen molar-refractivity contribution in [3.05, 3.63) is 35.3 Å². The van der Waals surface area contributed by atoms with Crippen LogP contribution >= 0.6 is 11.3 Å². The number of nitrogens with zero attached hydrogens (tertiary/aromatic N) is 4. The Morgan fingerprint density at radius 2 is 2.19 bits per heavy atom. The van der Waals surface area contributed by atoms with E-state index in [1.807, 2.05) is 0 Å². The summed E-state index contributed by atoms with van der Waals surface area (Å²) in [6, 6.07) is 9.49. The number of anilines is 1. The fraction of sp³-hybridized carbons (Fsp3) is 0.222. The number of thiophene rings is 1. The van der Waals surface area contributed by atoms with Gasteiger partial charge in [-0.05, 0) is 12.1 Å². The van der Waals surface area contributed by atoms with E-state index in [2.05, 4.69) is 27.2 Å². The zero-order valence-corrected chi connectivity index (χ0v) is 15.0. The van der Waals surface area contributed by atoms with Gasteiger partial charge in [0.2, 0.25) is 0 Å². The summed E-state index contributed by atoms with van der Waals surface area (Å²) in [5.41, 5.74) is 7.73. The molecule has 1 saturated heterocycles. The summed E-state index contributed by atoms with van der Waals surface area (Å²) >= 11 is 1.32. The van der Waals surface area contributed by atoms with Gasteiger partial charge in [-0.3, -0.25) is 9.89 Å². The minimum atomic E-state index is -0.465. The van der Waals surface area contributed by atoms with Crippen LogP contribution in [0.3, 0.4) is 0 Å². The van der Waals surface area contributed by atoms with Crippen LogP contribution in [0.15, 0.2) is 18.3 Å². The number of nitrogens with two attached hydrogens (primary N) is 1. The van der Waals surface area contributed by atoms with Crippen LogP contribution in [0.2, 0.25) is 0 Å². The molecule has 4 heterocycles. The topological polar surface area (TPSA) is 110 Å². The summed E-state index contributed by atoms with van der Waals surface area (Å²) in [7, 11) is 0. The third kappa shape index (κ3) is 2.66. The maximum atomic E-state index is 11.7. The summed E-state index contributed by atoms with van der Waals surface area (Å²) in [5.74, 6) is 0.877. The highest BCUT2D eigenvalue weighted by molar-refractivity contribution is 7.21. The van der Waals surface area contributed by atoms with E-state index in [-0.39, 0.29) is 0 Å². The van der Waals surface area contributed by atoms with Gasteiger partial charge in [-0.2, -0.15) is 5.10 Å². The number of hydrogen-bond donors (Lipinski definition) is 2. The van der Waals surface area contributed by atoms with E-state index < -0.39 is 5.91 Å². The molecular weight excluding hydrogens is 364 g/mol. The highest BCUT2D eigenvalue weighted by Gasteiger charge is 2.21. The van der Waals surface area contributed by atoms with Gasteiger partial charge in [-0.1, -0.05) is 6.07 Å². The minimum Gasteiger partial charge on any atom is -0.378 e. The fourth-order valence-electron chi connectivity index (χ4n) is 3.18. The molecule has 0 aliphatic carbocycles. The Bertz CT molecular complexity index is 1160. The molecule has 1 aliphatic rings. The molecule has 0 radical (unpaired) electrons. The predicted molar refractivity (Wildman–Crippen MR) is 102 cm³/mol. The molecule has 4 aromatic rings. The maximum Gasteiger partial charge on any atom is 0.258 e. The summed E-state index contributed by atoms with van der Waals surface area (Å²) in [6.07, 6.45) is 1.72. The zero-order valence-electron chi connectivity index (χ0n) is 14.2. The van der Waals surface area contributed by atoms with Crippen LogP contribution in [0, 0.1) is 12.1 Å². The van der Waals surface area contributed by atoms with E-state index in [4.69, 9.17) is 20.4 Å². The lowest BCUT2D eigenvalue weighted by molar-refractivity contribution is 0.100. The molecule has 8 nitrogen and oxygen atoms in total. The molecule has 5 rings (SSSR count). The third-order valence-electron chi connectivity index (χ3n) is 4.49. The zero-order chi connectivity index (χ0) is 18.4. The molecule has 1 fully saturated rings. The number of amides is 1. The van der Waals surface area contributed by atoms with E-state index in [0.717, 1.165) is 40.1 Å². The Hall–Kier alpha value is -3.22. The molecule has 1 aromatic carbocycles. The molecule has 1 aliphatic heterocycles. The Morgan fingerprint density at radius 3 is 3.00 bits per heavy atom. The van der Waals surface area contributed by atoms with E-state index >= 15 is 0 Å². The Kier molecular flexibility index (Phi) is 3.67. The Balaban J connectivity index is 1.75. The van der Waals surface area contributed by atoms with Gasteiger partial charge in [-0.15, -0.1) is 11.3 Å². The molecule has 0 unspecified atom stereocenters. The van der Waals surface area contributed by atoms with Crippen molar-refractivity contribution in [2.75, 3.05) is 31.2 Å². The highest BCUT2D eigenvalue weighted by atomic mass is 32.1. The number of aromatic amines is 1. The molecule has 1 amide bonds. The first kappa shape index (κ1) is 16.0. The fourth-order valence-corrected chi connectivity index (χ4v) is 4.14. The van der Waals surface area contributed by atoms with Crippen LogP contribution in [0.1, 0.15) is 9.67 Å². The number of ether oxygens (including phenoxy) is 1. The van der Waals surface area contributed by atoms with Crippen molar-refractivity contribution in [3.63, 3.8) is 0 Å². The largest absolute Gasteiger partial charge is 0.378 e. The number of H-pyrrole nitrogens is 1. The average Bonchev–Trinajstić information content (AvgIpc) is 3.34. The third-order valence-corrected chi connectivity index (χ3v) is 5.63. The summed E-state index contributed by atoms with van der Waals surface area (Å²) in [6.45, 7) is 2.72. The SMILES string of the molecule is NC(=O)c1cc2nc(-c3cc#cc4[nH]ncc34)nc(N3CCOCC3)c2s1. The van der Waals surface area contributed by atoms with E-state index in [1.165, 1.54) is 11.3 Å². The molecule has 3 N–H and O–H groups in total. The second-order valence-electron chi connectivity index (χ2n) is 6.15. The van der Waals surface area contributed by atoms with Gasteiger partial charge in [0.1, 0.15) is 5.52 Å². The van der Waals surface area contributed by atoms with Crippen molar-refractivity contribution in [1.29, 1.82) is 0 Å². The van der Waals surface area contributed by atoms with E-state index in [9.17, 15) is 4.79 Å². The number of nitrogens with one attached hydrogen (secondary N) is 1. The molecule has 27 heavy (non-hydrogen) atoms. The summed E-state index contributed by atoms with van der Waals surface area (Å²) in [5, 5.41) is 7.82. The van der Waals surface area contributed by atoms with E-state index in [0.29, 0.717) is 29.4 Å². The van der Waals surface area contributed by atoms with Crippen molar-refractivity contribution in [2.24, 2.45) is 5.73 Å². The molecular formula is C18H14N6O2S. The van der Waals surface area contributed by atoms with E-state index in [1.54, 1.807) is 18.3 Å². The standard InChI is InChI=1S/C18H14N6O2S/c19-16(25)14-8-13-15(27-14)18(24-4-6-26-7-5-24)22-17(21-13)10-2-1-3-12-11(10)9-20-23-12/h2,8-9H,4-7H2,(H2,19,25)(H,20,23). The van der Waals surface area contributed by atoms with Crippen LogP contribution in [-0.2, 0) is 4.74 Å². The van der Waals surface area contributed by atoms with Crippen LogP contribution in [0.4, 0.5) is 5.82 Å². The first-order valence-electron chi connectivity index (χ1n) is 8.40. The first-order valence-corrected chi connectivity index (χ1v) is 9.22. The monoisotopic (exact) mass is 378 g/mol. The number of carbonyl (C=O) groups is 1. The summed E-state index contributed by atoms with van der Waals surface area (Å²) in [4.78, 5) is 23.8. The van der Waals surface area contributed by atoms with Crippen LogP contribution in [0.5, 0.6) is 0 Å². The number of morpholine rings is 1. The second-order valence-corrected chi connectivity index (χ2v) is 7.20. The number of fused-ring (bicyclic) bond motifs is 2. The van der Waals surface area contributed by atoms with Crippen molar-refractivity contribution < 1.29 is 9.53 Å². The Labute approximate surface area is 158 Å². The van der Waals surface area contributed by atoms with Gasteiger partial charge in [0, 0.05) is 30.1 Å². The van der Waals surface area contributed by atoms with Gasteiger partial charge in [0.15, 0.2) is 11.6 Å². The van der Waals surface area contributed by atoms with Gasteiger partial charge in [0.05, 0.1) is 34.5 Å². The minimum absolute atomic E-state index is 0.465. The van der Waals surface area contributed by atoms with Crippen LogP contribution in [-0.4, -0.2) is 52.4 Å². The van der Waals surface area contributed by atoms with Gasteiger partial charge < -0.3 is 15.4 Å². The quantitative estimate of drug-likeness (QED) is 0.562. The first-order chi connectivity index (χ1) is 13.2. The molecule has 0 saturated carbocycles.